The van der Waals surface area contributed by atoms with Gasteiger partial charge in [0, 0.05) is 23.5 Å². The first kappa shape index (κ1) is 12.9. The predicted molar refractivity (Wildman–Crippen MR) is 73.0 cm³/mol. The molecule has 18 heavy (non-hydrogen) atoms. The van der Waals surface area contributed by atoms with Crippen LogP contribution in [0.2, 0.25) is 0 Å². The highest BCUT2D eigenvalue weighted by atomic mass is 16.5. The fraction of sp³-hybridized carbons (Fsp3) is 0.500. The minimum Gasteiger partial charge on any atom is -0.380 e. The minimum atomic E-state index is 0.0257. The van der Waals surface area contributed by atoms with E-state index in [4.69, 9.17) is 4.74 Å². The van der Waals surface area contributed by atoms with Gasteiger partial charge in [-0.1, -0.05) is 0 Å². The van der Waals surface area contributed by atoms with Gasteiger partial charge >= 0.3 is 0 Å². The lowest BCUT2D eigenvalue weighted by molar-refractivity contribution is -0.125. The molecule has 98 valence electrons. The van der Waals surface area contributed by atoms with Crippen molar-refractivity contribution >= 4 is 17.3 Å². The second-order valence-corrected chi connectivity index (χ2v) is 5.52. The zero-order valence-electron chi connectivity index (χ0n) is 11.2. The lowest BCUT2D eigenvalue weighted by atomic mass is 10.1. The second kappa shape index (κ2) is 4.98. The Morgan fingerprint density at radius 1 is 1.22 bits per heavy atom. The first-order valence-electron chi connectivity index (χ1n) is 6.22. The molecule has 0 saturated carbocycles. The van der Waals surface area contributed by atoms with E-state index in [9.17, 15) is 4.79 Å². The molecular weight excluding hydrogens is 228 g/mol. The van der Waals surface area contributed by atoms with Crippen LogP contribution in [0.5, 0.6) is 0 Å². The SMILES string of the molecule is CC(C)(C)Nc1ccc(N2CCOCC2=O)cc1. The zero-order chi connectivity index (χ0) is 13.2. The molecule has 0 atom stereocenters. The van der Waals surface area contributed by atoms with Crippen molar-refractivity contribution in [2.24, 2.45) is 0 Å². The summed E-state index contributed by atoms with van der Waals surface area (Å²) in [6.07, 6.45) is 0. The van der Waals surface area contributed by atoms with Crippen LogP contribution in [0.4, 0.5) is 11.4 Å². The summed E-state index contributed by atoms with van der Waals surface area (Å²) in [6, 6.07) is 7.95. The normalized spacial score (nSPS) is 16.8. The molecule has 1 aliphatic heterocycles. The Labute approximate surface area is 108 Å². The maximum Gasteiger partial charge on any atom is 0.253 e. The highest BCUT2D eigenvalue weighted by molar-refractivity contribution is 5.94. The lowest BCUT2D eigenvalue weighted by Gasteiger charge is -2.27. The third-order valence-electron chi connectivity index (χ3n) is 2.68. The Hall–Kier alpha value is -1.55. The van der Waals surface area contributed by atoms with Gasteiger partial charge in [0.25, 0.3) is 5.91 Å². The maximum atomic E-state index is 11.7. The van der Waals surface area contributed by atoms with Gasteiger partial charge in [-0.2, -0.15) is 0 Å². The number of benzene rings is 1. The van der Waals surface area contributed by atoms with Crippen molar-refractivity contribution in [3.8, 4) is 0 Å². The first-order valence-corrected chi connectivity index (χ1v) is 6.22. The fourth-order valence-corrected chi connectivity index (χ4v) is 1.95. The van der Waals surface area contributed by atoms with E-state index >= 15 is 0 Å². The summed E-state index contributed by atoms with van der Waals surface area (Å²) < 4.78 is 5.12. The maximum absolute atomic E-state index is 11.7. The van der Waals surface area contributed by atoms with Gasteiger partial charge in [-0.05, 0) is 45.0 Å². The van der Waals surface area contributed by atoms with Gasteiger partial charge in [0.2, 0.25) is 0 Å². The Bertz CT molecular complexity index is 420. The number of rotatable bonds is 2. The molecule has 4 heteroatoms. The van der Waals surface area contributed by atoms with E-state index in [-0.39, 0.29) is 18.1 Å². The molecule has 1 aliphatic rings. The van der Waals surface area contributed by atoms with Crippen LogP contribution in [0.1, 0.15) is 20.8 Å². The van der Waals surface area contributed by atoms with Crippen LogP contribution in [-0.4, -0.2) is 31.2 Å². The third-order valence-corrected chi connectivity index (χ3v) is 2.68. The molecule has 0 unspecified atom stereocenters. The van der Waals surface area contributed by atoms with Crippen LogP contribution in [0, 0.1) is 0 Å². The smallest absolute Gasteiger partial charge is 0.253 e. The van der Waals surface area contributed by atoms with E-state index in [1.807, 2.05) is 24.3 Å². The molecule has 1 heterocycles. The van der Waals surface area contributed by atoms with E-state index in [2.05, 4.69) is 26.1 Å². The molecule has 0 spiro atoms. The quantitative estimate of drug-likeness (QED) is 0.873. The molecule has 0 aliphatic carbocycles. The number of ether oxygens (including phenoxy) is 1. The van der Waals surface area contributed by atoms with Gasteiger partial charge in [0.15, 0.2) is 0 Å². The Kier molecular flexibility index (Phi) is 3.57. The van der Waals surface area contributed by atoms with Gasteiger partial charge in [0.1, 0.15) is 6.61 Å². The number of nitrogens with zero attached hydrogens (tertiary/aromatic N) is 1. The van der Waals surface area contributed by atoms with Crippen LogP contribution < -0.4 is 10.2 Å². The summed E-state index contributed by atoms with van der Waals surface area (Å²) >= 11 is 0. The van der Waals surface area contributed by atoms with E-state index in [1.54, 1.807) is 4.90 Å². The number of hydrogen-bond acceptors (Lipinski definition) is 3. The third kappa shape index (κ3) is 3.23. The molecule has 1 amide bonds. The van der Waals surface area contributed by atoms with Crippen LogP contribution in [0.3, 0.4) is 0 Å². The highest BCUT2D eigenvalue weighted by Crippen LogP contribution is 2.21. The second-order valence-electron chi connectivity index (χ2n) is 5.52. The summed E-state index contributed by atoms with van der Waals surface area (Å²) in [5.74, 6) is 0.0257. The number of hydrogen-bond donors (Lipinski definition) is 1. The Balaban J connectivity index is 2.09. The summed E-state index contributed by atoms with van der Waals surface area (Å²) in [5.41, 5.74) is 2.03. The van der Waals surface area contributed by atoms with Gasteiger partial charge in [-0.25, -0.2) is 0 Å². The monoisotopic (exact) mass is 248 g/mol. The molecule has 2 rings (SSSR count). The number of carbonyl (C=O) groups excluding carboxylic acids is 1. The molecule has 1 aromatic rings. The molecule has 1 saturated heterocycles. The van der Waals surface area contributed by atoms with E-state index in [0.717, 1.165) is 11.4 Å². The van der Waals surface area contributed by atoms with Crippen LogP contribution >= 0.6 is 0 Å². The molecule has 0 radical (unpaired) electrons. The summed E-state index contributed by atoms with van der Waals surface area (Å²) in [4.78, 5) is 13.5. The average Bonchev–Trinajstić information content (AvgIpc) is 2.29. The molecule has 4 nitrogen and oxygen atoms in total. The Morgan fingerprint density at radius 3 is 2.44 bits per heavy atom. The van der Waals surface area contributed by atoms with Crippen LogP contribution in [0.15, 0.2) is 24.3 Å². The van der Waals surface area contributed by atoms with Crippen molar-refractivity contribution in [2.45, 2.75) is 26.3 Å². The van der Waals surface area contributed by atoms with Gasteiger partial charge < -0.3 is 15.0 Å². The van der Waals surface area contributed by atoms with E-state index in [0.29, 0.717) is 13.2 Å². The zero-order valence-corrected chi connectivity index (χ0v) is 11.2. The summed E-state index contributed by atoms with van der Waals surface area (Å²) in [6.45, 7) is 7.77. The number of morpholine rings is 1. The largest absolute Gasteiger partial charge is 0.380 e. The van der Waals surface area contributed by atoms with Crippen molar-refractivity contribution in [2.75, 3.05) is 30.0 Å². The number of nitrogens with one attached hydrogen (secondary N) is 1. The molecule has 1 fully saturated rings. The van der Waals surface area contributed by atoms with E-state index < -0.39 is 0 Å². The van der Waals surface area contributed by atoms with Crippen molar-refractivity contribution in [1.29, 1.82) is 0 Å². The average molecular weight is 248 g/mol. The summed E-state index contributed by atoms with van der Waals surface area (Å²) in [7, 11) is 0. The van der Waals surface area contributed by atoms with Crippen molar-refractivity contribution in [3.05, 3.63) is 24.3 Å². The molecule has 0 bridgehead atoms. The molecule has 1 aromatic carbocycles. The number of anilines is 2. The lowest BCUT2D eigenvalue weighted by Crippen LogP contribution is -2.41. The van der Waals surface area contributed by atoms with Gasteiger partial charge in [-0.3, -0.25) is 4.79 Å². The summed E-state index contributed by atoms with van der Waals surface area (Å²) in [5, 5.41) is 3.39. The van der Waals surface area contributed by atoms with E-state index in [1.165, 1.54) is 0 Å². The molecule has 1 N–H and O–H groups in total. The first-order chi connectivity index (χ1) is 8.46. The minimum absolute atomic E-state index is 0.0257. The number of carbonyl (C=O) groups is 1. The highest BCUT2D eigenvalue weighted by Gasteiger charge is 2.20. The molecule has 0 aromatic heterocycles. The Morgan fingerprint density at radius 2 is 1.89 bits per heavy atom. The van der Waals surface area contributed by atoms with Gasteiger partial charge in [0.05, 0.1) is 6.61 Å². The van der Waals surface area contributed by atoms with Crippen molar-refractivity contribution < 1.29 is 9.53 Å². The van der Waals surface area contributed by atoms with Crippen molar-refractivity contribution in [3.63, 3.8) is 0 Å². The standard InChI is InChI=1S/C14H20N2O2/c1-14(2,3)15-11-4-6-12(7-5-11)16-8-9-18-10-13(16)17/h4-7,15H,8-10H2,1-3H3. The van der Waals surface area contributed by atoms with Crippen molar-refractivity contribution in [1.82, 2.24) is 0 Å². The number of amides is 1. The van der Waals surface area contributed by atoms with Gasteiger partial charge in [-0.15, -0.1) is 0 Å². The molecular formula is C14H20N2O2. The topological polar surface area (TPSA) is 41.6 Å². The fourth-order valence-electron chi connectivity index (χ4n) is 1.95. The van der Waals surface area contributed by atoms with Crippen LogP contribution in [-0.2, 0) is 9.53 Å². The predicted octanol–water partition coefficient (Wildman–Crippen LogP) is 2.26. The van der Waals surface area contributed by atoms with Crippen LogP contribution in [0.25, 0.3) is 0 Å².